The van der Waals surface area contributed by atoms with Crippen molar-refractivity contribution in [3.63, 3.8) is 0 Å². The summed E-state index contributed by atoms with van der Waals surface area (Å²) in [5.74, 6) is -1.96. The fourth-order valence-electron chi connectivity index (χ4n) is 3.60. The van der Waals surface area contributed by atoms with Gasteiger partial charge in [0.25, 0.3) is 17.4 Å². The van der Waals surface area contributed by atoms with Gasteiger partial charge in [-0.1, -0.05) is 29.3 Å². The number of halogens is 5. The Morgan fingerprint density at radius 3 is 2.27 bits per heavy atom. The summed E-state index contributed by atoms with van der Waals surface area (Å²) in [6, 6.07) is 5.75. The van der Waals surface area contributed by atoms with Gasteiger partial charge in [-0.25, -0.2) is 14.4 Å². The first kappa shape index (κ1) is 24.8. The molecular formula is C21H21ClF4N4O3. The fourth-order valence-corrected chi connectivity index (χ4v) is 3.70. The van der Waals surface area contributed by atoms with Crippen molar-refractivity contribution in [3.8, 4) is 0 Å². The van der Waals surface area contributed by atoms with Gasteiger partial charge in [0.1, 0.15) is 6.33 Å². The Balaban J connectivity index is 1.96. The number of anilines is 1. The Morgan fingerprint density at radius 1 is 1.18 bits per heavy atom. The molecule has 178 valence electrons. The normalized spacial score (nSPS) is 20.8. The Labute approximate surface area is 192 Å². The highest BCUT2D eigenvalue weighted by atomic mass is 35.5. The highest BCUT2D eigenvalue weighted by molar-refractivity contribution is 6.32. The van der Waals surface area contributed by atoms with Crippen LogP contribution in [0, 0.1) is 6.92 Å². The first-order valence-corrected chi connectivity index (χ1v) is 10.4. The van der Waals surface area contributed by atoms with Crippen molar-refractivity contribution in [1.29, 1.82) is 0 Å². The molecule has 1 aromatic carbocycles. The molecule has 0 unspecified atom stereocenters. The maximum atomic E-state index is 14.1. The van der Waals surface area contributed by atoms with Crippen molar-refractivity contribution in [1.82, 2.24) is 15.3 Å². The molecule has 1 fully saturated rings. The number of hydrogen-bond acceptors (Lipinski definition) is 5. The lowest BCUT2D eigenvalue weighted by Gasteiger charge is -2.43. The summed E-state index contributed by atoms with van der Waals surface area (Å²) < 4.78 is 55.2. The Kier molecular flexibility index (Phi) is 7.23. The standard InChI is InChI=1S/C21H21ClF4N4O3/c1-12-3-5-15(6-4-12)30(18(31)17(22)23)20(2,13-9-27-11-28-10-13)19(32)29-14-7-16(8-14)33-21(24,25)26/h3-6,9-11,14,16-17H,7-8H2,1-2H3,(H,29,32)/t14?,16?,17-,20-/m0/s1. The number of carbonyl (C=O) groups is 2. The number of aryl methyl sites for hydroxylation is 1. The van der Waals surface area contributed by atoms with Gasteiger partial charge < -0.3 is 5.32 Å². The molecule has 12 heteroatoms. The summed E-state index contributed by atoms with van der Waals surface area (Å²) in [5, 5.41) is 2.63. The second-order valence-corrected chi connectivity index (χ2v) is 8.22. The minimum absolute atomic E-state index is 0.0770. The smallest absolute Gasteiger partial charge is 0.351 e. The minimum Gasteiger partial charge on any atom is -0.351 e. The van der Waals surface area contributed by atoms with E-state index in [4.69, 9.17) is 11.6 Å². The van der Waals surface area contributed by atoms with Crippen LogP contribution < -0.4 is 10.2 Å². The number of nitrogens with zero attached hydrogens (tertiary/aromatic N) is 3. The molecule has 2 amide bonds. The number of benzene rings is 1. The van der Waals surface area contributed by atoms with Gasteiger partial charge in [-0.2, -0.15) is 0 Å². The van der Waals surface area contributed by atoms with Crippen LogP contribution in [0.4, 0.5) is 23.2 Å². The number of rotatable bonds is 7. The lowest BCUT2D eigenvalue weighted by atomic mass is 9.85. The van der Waals surface area contributed by atoms with Crippen LogP contribution in [0.1, 0.15) is 30.9 Å². The molecule has 0 spiro atoms. The van der Waals surface area contributed by atoms with Gasteiger partial charge in [-0.15, -0.1) is 13.2 Å². The molecule has 1 saturated carbocycles. The monoisotopic (exact) mass is 488 g/mol. The van der Waals surface area contributed by atoms with Gasteiger partial charge in [0.2, 0.25) is 0 Å². The molecule has 1 aliphatic carbocycles. The zero-order valence-corrected chi connectivity index (χ0v) is 18.4. The second kappa shape index (κ2) is 9.60. The van der Waals surface area contributed by atoms with E-state index < -0.39 is 41.5 Å². The second-order valence-electron chi connectivity index (χ2n) is 7.84. The lowest BCUT2D eigenvalue weighted by Crippen LogP contribution is -2.61. The number of carbonyl (C=O) groups excluding carboxylic acids is 2. The highest BCUT2D eigenvalue weighted by Gasteiger charge is 2.49. The predicted octanol–water partition coefficient (Wildman–Crippen LogP) is 3.75. The Morgan fingerprint density at radius 2 is 1.76 bits per heavy atom. The van der Waals surface area contributed by atoms with E-state index in [0.717, 1.165) is 10.5 Å². The summed E-state index contributed by atoms with van der Waals surface area (Å²) in [7, 11) is 0. The Bertz CT molecular complexity index is 985. The molecular weight excluding hydrogens is 468 g/mol. The van der Waals surface area contributed by atoms with Crippen LogP contribution in [0.3, 0.4) is 0 Å². The molecule has 1 heterocycles. The van der Waals surface area contributed by atoms with Crippen LogP contribution in [-0.2, 0) is 19.9 Å². The molecule has 7 nitrogen and oxygen atoms in total. The van der Waals surface area contributed by atoms with Crippen molar-refractivity contribution in [3.05, 3.63) is 54.1 Å². The SMILES string of the molecule is Cc1ccc(N(C(=O)[C@H](F)Cl)[C@](C)(C(=O)NC2CC(OC(F)(F)F)C2)c2cncnc2)cc1. The van der Waals surface area contributed by atoms with Gasteiger partial charge in [-0.05, 0) is 38.8 Å². The average Bonchev–Trinajstić information content (AvgIpc) is 2.73. The molecule has 2 atom stereocenters. The maximum absolute atomic E-state index is 14.1. The van der Waals surface area contributed by atoms with Crippen molar-refractivity contribution >= 4 is 29.1 Å². The van der Waals surface area contributed by atoms with E-state index in [1.165, 1.54) is 37.8 Å². The molecule has 33 heavy (non-hydrogen) atoms. The summed E-state index contributed by atoms with van der Waals surface area (Å²) in [4.78, 5) is 35.1. The van der Waals surface area contributed by atoms with E-state index in [1.54, 1.807) is 12.1 Å². The Hall–Kier alpha value is -2.79. The first-order valence-electron chi connectivity index (χ1n) is 9.91. The topological polar surface area (TPSA) is 84.4 Å². The van der Waals surface area contributed by atoms with Gasteiger partial charge in [0, 0.05) is 29.7 Å². The van der Waals surface area contributed by atoms with Gasteiger partial charge >= 0.3 is 6.36 Å². The van der Waals surface area contributed by atoms with Crippen molar-refractivity contribution in [2.75, 3.05) is 4.90 Å². The molecule has 1 N–H and O–H groups in total. The van der Waals surface area contributed by atoms with E-state index in [-0.39, 0.29) is 24.1 Å². The third kappa shape index (κ3) is 5.59. The highest BCUT2D eigenvalue weighted by Crippen LogP contribution is 2.36. The third-order valence-electron chi connectivity index (χ3n) is 5.44. The van der Waals surface area contributed by atoms with E-state index in [9.17, 15) is 27.2 Å². The van der Waals surface area contributed by atoms with Crippen LogP contribution >= 0.6 is 11.6 Å². The molecule has 0 saturated heterocycles. The van der Waals surface area contributed by atoms with Gasteiger partial charge in [0.15, 0.2) is 5.54 Å². The largest absolute Gasteiger partial charge is 0.522 e. The fraction of sp³-hybridized carbons (Fsp3) is 0.429. The number of alkyl halides is 5. The predicted molar refractivity (Wildman–Crippen MR) is 111 cm³/mol. The van der Waals surface area contributed by atoms with Crippen LogP contribution in [0.5, 0.6) is 0 Å². The van der Waals surface area contributed by atoms with Crippen LogP contribution in [-0.4, -0.2) is 45.9 Å². The zero-order chi connectivity index (χ0) is 24.4. The van der Waals surface area contributed by atoms with E-state index in [0.29, 0.717) is 0 Å². The number of amides is 2. The van der Waals surface area contributed by atoms with Gasteiger partial charge in [0.05, 0.1) is 6.10 Å². The lowest BCUT2D eigenvalue weighted by molar-refractivity contribution is -0.351. The maximum Gasteiger partial charge on any atom is 0.522 e. The quantitative estimate of drug-likeness (QED) is 0.474. The zero-order valence-electron chi connectivity index (χ0n) is 17.6. The summed E-state index contributed by atoms with van der Waals surface area (Å²) in [5.41, 5.74) is -3.15. The number of nitrogens with one attached hydrogen (secondary N) is 1. The van der Waals surface area contributed by atoms with E-state index in [1.807, 2.05) is 6.92 Å². The first-order chi connectivity index (χ1) is 15.4. The minimum atomic E-state index is -4.78. The van der Waals surface area contributed by atoms with Gasteiger partial charge in [-0.3, -0.25) is 19.2 Å². The molecule has 3 rings (SSSR count). The molecule has 1 aliphatic rings. The molecule has 0 aliphatic heterocycles. The summed E-state index contributed by atoms with van der Waals surface area (Å²) in [6.07, 6.45) is -2.23. The van der Waals surface area contributed by atoms with Crippen molar-refractivity contribution in [2.24, 2.45) is 0 Å². The van der Waals surface area contributed by atoms with Crippen molar-refractivity contribution < 1.29 is 31.9 Å². The number of ether oxygens (including phenoxy) is 1. The van der Waals surface area contributed by atoms with E-state index in [2.05, 4.69) is 20.0 Å². The van der Waals surface area contributed by atoms with E-state index >= 15 is 0 Å². The number of hydrogen-bond donors (Lipinski definition) is 1. The van der Waals surface area contributed by atoms with Crippen LogP contribution in [0.15, 0.2) is 43.0 Å². The summed E-state index contributed by atoms with van der Waals surface area (Å²) in [6.45, 7) is 3.17. The molecule has 0 bridgehead atoms. The third-order valence-corrected chi connectivity index (χ3v) is 5.63. The summed E-state index contributed by atoms with van der Waals surface area (Å²) >= 11 is 5.48. The van der Waals surface area contributed by atoms with Crippen molar-refractivity contribution in [2.45, 2.75) is 56.4 Å². The molecule has 2 aromatic rings. The molecule has 0 radical (unpaired) electrons. The van der Waals surface area contributed by atoms with Crippen LogP contribution in [0.2, 0.25) is 0 Å². The van der Waals surface area contributed by atoms with Crippen LogP contribution in [0.25, 0.3) is 0 Å². The average molecular weight is 489 g/mol. The number of aromatic nitrogens is 2. The molecule has 1 aromatic heterocycles.